The molecule has 1 amide bonds. The van der Waals surface area contributed by atoms with Gasteiger partial charge in [-0.3, -0.25) is 4.79 Å². The number of aromatic nitrogens is 2. The molecule has 0 radical (unpaired) electrons. The highest BCUT2D eigenvalue weighted by molar-refractivity contribution is 5.73. The molecule has 2 heterocycles. The monoisotopic (exact) mass is 225 g/mol. The third kappa shape index (κ3) is 2.21. The number of amides is 1. The second-order valence-electron chi connectivity index (χ2n) is 3.93. The van der Waals surface area contributed by atoms with Gasteiger partial charge in [0.05, 0.1) is 0 Å². The Labute approximate surface area is 93.6 Å². The Kier molecular flexibility index (Phi) is 3.19. The first-order chi connectivity index (χ1) is 7.70. The van der Waals surface area contributed by atoms with E-state index in [0.717, 1.165) is 13.0 Å². The minimum Gasteiger partial charge on any atom is -0.375 e. The van der Waals surface area contributed by atoms with E-state index in [0.29, 0.717) is 24.9 Å². The van der Waals surface area contributed by atoms with E-state index in [1.165, 1.54) is 0 Å². The van der Waals surface area contributed by atoms with E-state index in [-0.39, 0.29) is 11.8 Å². The van der Waals surface area contributed by atoms with Gasteiger partial charge in [0.1, 0.15) is 6.61 Å². The number of likely N-dealkylation sites (tertiary alicyclic amines) is 1. The molecule has 1 aliphatic rings. The van der Waals surface area contributed by atoms with Crippen molar-refractivity contribution in [3.05, 3.63) is 11.7 Å². The summed E-state index contributed by atoms with van der Waals surface area (Å²) in [5, 5.41) is 3.91. The van der Waals surface area contributed by atoms with Crippen LogP contribution in [0.25, 0.3) is 0 Å². The van der Waals surface area contributed by atoms with Gasteiger partial charge in [-0.2, -0.15) is 4.98 Å². The van der Waals surface area contributed by atoms with Crippen LogP contribution < -0.4 is 0 Å². The Hall–Kier alpha value is -1.43. The summed E-state index contributed by atoms with van der Waals surface area (Å²) >= 11 is 0. The molecular weight excluding hydrogens is 210 g/mol. The molecule has 1 aliphatic heterocycles. The van der Waals surface area contributed by atoms with Crippen LogP contribution >= 0.6 is 0 Å². The standard InChI is InChI=1S/C10H15N3O3/c1-7(14)13-4-3-8(5-13)10-11-9(6-15-2)16-12-10/h8H,3-6H2,1-2H3. The molecule has 1 aromatic heterocycles. The van der Waals surface area contributed by atoms with Gasteiger partial charge >= 0.3 is 0 Å². The van der Waals surface area contributed by atoms with E-state index < -0.39 is 0 Å². The number of carbonyl (C=O) groups excluding carboxylic acids is 1. The van der Waals surface area contributed by atoms with Crippen molar-refractivity contribution in [1.82, 2.24) is 15.0 Å². The molecule has 6 nitrogen and oxygen atoms in total. The molecule has 1 saturated heterocycles. The summed E-state index contributed by atoms with van der Waals surface area (Å²) in [5.41, 5.74) is 0. The lowest BCUT2D eigenvalue weighted by atomic mass is 10.1. The van der Waals surface area contributed by atoms with E-state index >= 15 is 0 Å². The van der Waals surface area contributed by atoms with Crippen molar-refractivity contribution in [2.75, 3.05) is 20.2 Å². The first-order valence-electron chi connectivity index (χ1n) is 5.27. The van der Waals surface area contributed by atoms with Gasteiger partial charge in [0, 0.05) is 33.0 Å². The molecule has 6 heteroatoms. The van der Waals surface area contributed by atoms with Crippen LogP contribution in [-0.4, -0.2) is 41.1 Å². The maximum absolute atomic E-state index is 11.2. The van der Waals surface area contributed by atoms with Gasteiger partial charge in [-0.15, -0.1) is 0 Å². The smallest absolute Gasteiger partial charge is 0.252 e. The van der Waals surface area contributed by atoms with Crippen molar-refractivity contribution in [2.45, 2.75) is 25.9 Å². The molecule has 1 aromatic rings. The van der Waals surface area contributed by atoms with E-state index in [2.05, 4.69) is 10.1 Å². The summed E-state index contributed by atoms with van der Waals surface area (Å²) in [5.74, 6) is 1.45. The average Bonchev–Trinajstić information content (AvgIpc) is 2.84. The maximum Gasteiger partial charge on any atom is 0.252 e. The fourth-order valence-electron chi connectivity index (χ4n) is 1.87. The lowest BCUT2D eigenvalue weighted by Crippen LogP contribution is -2.25. The predicted molar refractivity (Wildman–Crippen MR) is 54.6 cm³/mol. The summed E-state index contributed by atoms with van der Waals surface area (Å²) in [6.07, 6.45) is 0.894. The van der Waals surface area contributed by atoms with Crippen LogP contribution in [0.3, 0.4) is 0 Å². The first kappa shape index (κ1) is 11.1. The zero-order chi connectivity index (χ0) is 11.5. The summed E-state index contributed by atoms with van der Waals surface area (Å²) in [7, 11) is 1.58. The molecule has 0 spiro atoms. The summed E-state index contributed by atoms with van der Waals surface area (Å²) in [6.45, 7) is 3.36. The summed E-state index contributed by atoms with van der Waals surface area (Å²) in [4.78, 5) is 17.2. The average molecular weight is 225 g/mol. The highest BCUT2D eigenvalue weighted by Gasteiger charge is 2.28. The normalized spacial score (nSPS) is 20.4. The number of rotatable bonds is 3. The van der Waals surface area contributed by atoms with Gasteiger partial charge < -0.3 is 14.2 Å². The minimum absolute atomic E-state index is 0.100. The van der Waals surface area contributed by atoms with Gasteiger partial charge in [-0.1, -0.05) is 5.16 Å². The van der Waals surface area contributed by atoms with E-state index in [1.54, 1.807) is 18.9 Å². The van der Waals surface area contributed by atoms with Gasteiger partial charge in [-0.25, -0.2) is 0 Å². The Balaban J connectivity index is 2.00. The van der Waals surface area contributed by atoms with Gasteiger partial charge in [0.25, 0.3) is 5.89 Å². The number of hydrogen-bond donors (Lipinski definition) is 0. The van der Waals surface area contributed by atoms with Crippen molar-refractivity contribution in [1.29, 1.82) is 0 Å². The number of methoxy groups -OCH3 is 1. The number of ether oxygens (including phenoxy) is 1. The Morgan fingerprint density at radius 3 is 3.12 bits per heavy atom. The highest BCUT2D eigenvalue weighted by atomic mass is 16.5. The van der Waals surface area contributed by atoms with Crippen molar-refractivity contribution in [3.63, 3.8) is 0 Å². The molecule has 0 saturated carbocycles. The number of hydrogen-bond acceptors (Lipinski definition) is 5. The zero-order valence-electron chi connectivity index (χ0n) is 9.47. The molecule has 0 aromatic carbocycles. The van der Waals surface area contributed by atoms with Crippen LogP contribution in [0.2, 0.25) is 0 Å². The summed E-state index contributed by atoms with van der Waals surface area (Å²) in [6, 6.07) is 0. The molecule has 1 fully saturated rings. The largest absolute Gasteiger partial charge is 0.375 e. The van der Waals surface area contributed by atoms with Crippen molar-refractivity contribution in [2.24, 2.45) is 0 Å². The molecule has 1 atom stereocenters. The molecule has 16 heavy (non-hydrogen) atoms. The van der Waals surface area contributed by atoms with Gasteiger partial charge in [-0.05, 0) is 6.42 Å². The molecule has 0 bridgehead atoms. The molecular formula is C10H15N3O3. The molecule has 1 unspecified atom stereocenters. The fraction of sp³-hybridized carbons (Fsp3) is 0.700. The second-order valence-corrected chi connectivity index (χ2v) is 3.93. The van der Waals surface area contributed by atoms with Crippen molar-refractivity contribution in [3.8, 4) is 0 Å². The van der Waals surface area contributed by atoms with Crippen molar-refractivity contribution >= 4 is 5.91 Å². The van der Waals surface area contributed by atoms with E-state index in [1.807, 2.05) is 0 Å². The topological polar surface area (TPSA) is 68.5 Å². The number of nitrogens with zero attached hydrogens (tertiary/aromatic N) is 3. The minimum atomic E-state index is 0.100. The number of carbonyl (C=O) groups is 1. The Morgan fingerprint density at radius 2 is 2.50 bits per heavy atom. The SMILES string of the molecule is COCc1nc(C2CCN(C(C)=O)C2)no1. The van der Waals surface area contributed by atoms with E-state index in [9.17, 15) is 4.79 Å². The lowest BCUT2D eigenvalue weighted by Gasteiger charge is -2.11. The van der Waals surface area contributed by atoms with Crippen LogP contribution in [0.15, 0.2) is 4.52 Å². The molecule has 0 aliphatic carbocycles. The highest BCUT2D eigenvalue weighted by Crippen LogP contribution is 2.24. The third-order valence-corrected chi connectivity index (χ3v) is 2.75. The summed E-state index contributed by atoms with van der Waals surface area (Å²) < 4.78 is 9.93. The van der Waals surface area contributed by atoms with Crippen LogP contribution in [0, 0.1) is 0 Å². The molecule has 2 rings (SSSR count). The van der Waals surface area contributed by atoms with E-state index in [4.69, 9.17) is 9.26 Å². The van der Waals surface area contributed by atoms with Crippen LogP contribution in [0.5, 0.6) is 0 Å². The fourth-order valence-corrected chi connectivity index (χ4v) is 1.87. The maximum atomic E-state index is 11.2. The third-order valence-electron chi connectivity index (χ3n) is 2.75. The zero-order valence-corrected chi connectivity index (χ0v) is 9.47. The Bertz CT molecular complexity index is 377. The molecule has 0 N–H and O–H groups in total. The van der Waals surface area contributed by atoms with Crippen molar-refractivity contribution < 1.29 is 14.1 Å². The predicted octanol–water partition coefficient (Wildman–Crippen LogP) is 0.552. The van der Waals surface area contributed by atoms with Crippen LogP contribution in [0.1, 0.15) is 31.0 Å². The van der Waals surface area contributed by atoms with Crippen LogP contribution in [-0.2, 0) is 16.1 Å². The second kappa shape index (κ2) is 4.61. The quantitative estimate of drug-likeness (QED) is 0.751. The lowest BCUT2D eigenvalue weighted by molar-refractivity contribution is -0.127. The van der Waals surface area contributed by atoms with Crippen LogP contribution in [0.4, 0.5) is 0 Å². The van der Waals surface area contributed by atoms with Gasteiger partial charge in [0.15, 0.2) is 5.82 Å². The first-order valence-corrected chi connectivity index (χ1v) is 5.27. The molecule has 88 valence electrons. The Morgan fingerprint density at radius 1 is 1.69 bits per heavy atom. The van der Waals surface area contributed by atoms with Gasteiger partial charge in [0.2, 0.25) is 5.91 Å².